The molecule has 21 heavy (non-hydrogen) atoms. The number of halogens is 1. The lowest BCUT2D eigenvalue weighted by Crippen LogP contribution is -2.33. The first kappa shape index (κ1) is 15.0. The highest BCUT2D eigenvalue weighted by molar-refractivity contribution is 5.76. The average Bonchev–Trinajstić information content (AvgIpc) is 2.90. The predicted molar refractivity (Wildman–Crippen MR) is 75.5 cm³/mol. The quantitative estimate of drug-likeness (QED) is 0.689. The van der Waals surface area contributed by atoms with Gasteiger partial charge in [-0.1, -0.05) is 17.8 Å². The van der Waals surface area contributed by atoms with Crippen LogP contribution in [0.15, 0.2) is 24.4 Å². The number of carbonyl (C=O) groups is 1. The van der Waals surface area contributed by atoms with Crippen LogP contribution in [0.25, 0.3) is 11.3 Å². The summed E-state index contributed by atoms with van der Waals surface area (Å²) in [5.41, 5.74) is 5.75. The monoisotopic (exact) mass is 292 g/mol. The van der Waals surface area contributed by atoms with Crippen LogP contribution in [0.2, 0.25) is 0 Å². The van der Waals surface area contributed by atoms with Crippen molar-refractivity contribution in [2.75, 3.05) is 5.73 Å². The molecule has 0 aliphatic rings. The first-order valence-corrected chi connectivity index (χ1v) is 6.54. The Labute approximate surface area is 121 Å². The number of nitrogens with two attached hydrogens (primary N) is 1. The number of hydrogen-bond donors (Lipinski definition) is 1. The summed E-state index contributed by atoms with van der Waals surface area (Å²) in [7, 11) is 0. The zero-order chi connectivity index (χ0) is 15.6. The van der Waals surface area contributed by atoms with Gasteiger partial charge in [0, 0.05) is 5.56 Å². The van der Waals surface area contributed by atoms with Gasteiger partial charge in [-0.3, -0.25) is 0 Å². The Balaban J connectivity index is 2.18. The first-order chi connectivity index (χ1) is 9.83. The molecule has 0 unspecified atom stereocenters. The highest BCUT2D eigenvalue weighted by Crippen LogP contribution is 2.22. The fourth-order valence-corrected chi connectivity index (χ4v) is 1.46. The summed E-state index contributed by atoms with van der Waals surface area (Å²) in [5.74, 6) is -0.948. The molecule has 0 saturated heterocycles. The number of anilines is 1. The smallest absolute Gasteiger partial charge is 0.340 e. The zero-order valence-corrected chi connectivity index (χ0v) is 12.1. The highest BCUT2D eigenvalue weighted by Gasteiger charge is 2.28. The zero-order valence-electron chi connectivity index (χ0n) is 12.1. The fraction of sp³-hybridized carbons (Fsp3) is 0.357. The van der Waals surface area contributed by atoms with Crippen LogP contribution >= 0.6 is 0 Å². The third-order valence-electron chi connectivity index (χ3n) is 3.38. The lowest BCUT2D eigenvalue weighted by Gasteiger charge is -2.18. The fourth-order valence-electron chi connectivity index (χ4n) is 1.46. The van der Waals surface area contributed by atoms with Crippen LogP contribution in [0.3, 0.4) is 0 Å². The summed E-state index contributed by atoms with van der Waals surface area (Å²) in [6, 6.07) is 4.31. The van der Waals surface area contributed by atoms with Crippen molar-refractivity contribution in [3.05, 3.63) is 30.2 Å². The Morgan fingerprint density at radius 2 is 2.19 bits per heavy atom. The van der Waals surface area contributed by atoms with Gasteiger partial charge in [0.2, 0.25) is 0 Å². The van der Waals surface area contributed by atoms with Gasteiger partial charge in [0.25, 0.3) is 0 Å². The Morgan fingerprint density at radius 1 is 1.48 bits per heavy atom. The molecule has 1 aromatic heterocycles. The van der Waals surface area contributed by atoms with E-state index in [1.165, 1.54) is 18.3 Å². The molecule has 1 aromatic carbocycles. The molecule has 1 heterocycles. The SMILES string of the molecule is CCC(C)(C)C(=O)On1cc(-c2ccc(N)c(F)c2)nn1. The molecule has 0 aliphatic heterocycles. The van der Waals surface area contributed by atoms with Gasteiger partial charge in [0.1, 0.15) is 11.5 Å². The third-order valence-corrected chi connectivity index (χ3v) is 3.38. The van der Waals surface area contributed by atoms with Crippen molar-refractivity contribution in [3.8, 4) is 11.3 Å². The maximum Gasteiger partial charge on any atom is 0.340 e. The van der Waals surface area contributed by atoms with Crippen molar-refractivity contribution >= 4 is 11.7 Å². The third kappa shape index (κ3) is 3.18. The van der Waals surface area contributed by atoms with Crippen molar-refractivity contribution in [2.45, 2.75) is 27.2 Å². The van der Waals surface area contributed by atoms with Crippen molar-refractivity contribution in [2.24, 2.45) is 5.41 Å². The molecule has 6 nitrogen and oxygen atoms in total. The van der Waals surface area contributed by atoms with Crippen LogP contribution < -0.4 is 10.6 Å². The van der Waals surface area contributed by atoms with E-state index < -0.39 is 17.2 Å². The minimum atomic E-state index is -0.612. The number of carbonyl (C=O) groups excluding carboxylic acids is 1. The topological polar surface area (TPSA) is 83.0 Å². The van der Waals surface area contributed by atoms with Gasteiger partial charge in [-0.05, 0) is 37.6 Å². The van der Waals surface area contributed by atoms with Gasteiger partial charge in [-0.2, -0.15) is 0 Å². The Bertz CT molecular complexity index is 667. The van der Waals surface area contributed by atoms with Crippen molar-refractivity contribution in [1.29, 1.82) is 0 Å². The standard InChI is InChI=1S/C14H17FN4O2/c1-4-14(2,3)13(20)21-19-8-12(17-18-19)9-5-6-11(16)10(15)7-9/h5-8H,4,16H2,1-3H3. The summed E-state index contributed by atoms with van der Waals surface area (Å²) in [4.78, 5) is 18.0. The molecule has 0 amide bonds. The Hall–Kier alpha value is -2.44. The van der Waals surface area contributed by atoms with Crippen LogP contribution in [0.4, 0.5) is 10.1 Å². The molecule has 112 valence electrons. The van der Waals surface area contributed by atoms with E-state index in [1.807, 2.05) is 6.92 Å². The lowest BCUT2D eigenvalue weighted by molar-refractivity contribution is -0.156. The number of rotatable bonds is 4. The summed E-state index contributed by atoms with van der Waals surface area (Å²) in [5, 5.41) is 7.55. The molecule has 0 fully saturated rings. The van der Waals surface area contributed by atoms with E-state index >= 15 is 0 Å². The van der Waals surface area contributed by atoms with Crippen LogP contribution in [0.5, 0.6) is 0 Å². The first-order valence-electron chi connectivity index (χ1n) is 6.54. The molecule has 0 spiro atoms. The molecule has 0 aliphatic carbocycles. The van der Waals surface area contributed by atoms with Crippen molar-refractivity contribution < 1.29 is 14.0 Å². The largest absolute Gasteiger partial charge is 0.396 e. The summed E-state index contributed by atoms with van der Waals surface area (Å²) >= 11 is 0. The molecule has 0 radical (unpaired) electrons. The van der Waals surface area contributed by atoms with E-state index in [1.54, 1.807) is 19.9 Å². The van der Waals surface area contributed by atoms with E-state index in [0.717, 1.165) is 4.85 Å². The number of nitrogens with zero attached hydrogens (tertiary/aromatic N) is 3. The second-order valence-corrected chi connectivity index (χ2v) is 5.36. The van der Waals surface area contributed by atoms with Crippen LogP contribution in [0.1, 0.15) is 27.2 Å². The molecule has 2 N–H and O–H groups in total. The van der Waals surface area contributed by atoms with Gasteiger partial charge < -0.3 is 10.6 Å². The molecule has 0 bridgehead atoms. The number of hydrogen-bond acceptors (Lipinski definition) is 5. The Morgan fingerprint density at radius 3 is 2.81 bits per heavy atom. The average molecular weight is 292 g/mol. The van der Waals surface area contributed by atoms with E-state index in [4.69, 9.17) is 10.6 Å². The van der Waals surface area contributed by atoms with Gasteiger partial charge in [-0.25, -0.2) is 9.18 Å². The maximum atomic E-state index is 13.4. The lowest BCUT2D eigenvalue weighted by atomic mass is 9.91. The second-order valence-electron chi connectivity index (χ2n) is 5.36. The van der Waals surface area contributed by atoms with Crippen LogP contribution in [0, 0.1) is 11.2 Å². The van der Waals surface area contributed by atoms with Crippen molar-refractivity contribution in [1.82, 2.24) is 15.2 Å². The van der Waals surface area contributed by atoms with Crippen molar-refractivity contribution in [3.63, 3.8) is 0 Å². The van der Waals surface area contributed by atoms with Gasteiger partial charge >= 0.3 is 5.97 Å². The number of nitrogen functional groups attached to an aromatic ring is 1. The molecule has 0 saturated carbocycles. The Kier molecular flexibility index (Phi) is 3.93. The normalized spacial score (nSPS) is 11.4. The molecular formula is C14H17FN4O2. The predicted octanol–water partition coefficient (Wildman–Crippen LogP) is 2.06. The summed E-state index contributed by atoms with van der Waals surface area (Å²) < 4.78 is 13.4. The highest BCUT2D eigenvalue weighted by atomic mass is 19.1. The minimum Gasteiger partial charge on any atom is -0.396 e. The molecular weight excluding hydrogens is 275 g/mol. The molecule has 0 atom stereocenters. The van der Waals surface area contributed by atoms with Crippen LogP contribution in [-0.2, 0) is 4.79 Å². The van der Waals surface area contributed by atoms with Gasteiger partial charge in [0.05, 0.1) is 17.3 Å². The van der Waals surface area contributed by atoms with Crippen LogP contribution in [-0.4, -0.2) is 21.1 Å². The minimum absolute atomic E-state index is 0.0577. The second kappa shape index (κ2) is 5.51. The number of benzene rings is 1. The van der Waals surface area contributed by atoms with E-state index in [9.17, 15) is 9.18 Å². The maximum absolute atomic E-state index is 13.4. The van der Waals surface area contributed by atoms with E-state index in [2.05, 4.69) is 10.3 Å². The molecule has 2 rings (SSSR count). The van der Waals surface area contributed by atoms with Gasteiger partial charge in [-0.15, -0.1) is 5.10 Å². The van der Waals surface area contributed by atoms with Gasteiger partial charge in [0.15, 0.2) is 0 Å². The molecule has 2 aromatic rings. The summed E-state index contributed by atoms with van der Waals surface area (Å²) in [6.07, 6.45) is 2.05. The summed E-state index contributed by atoms with van der Waals surface area (Å²) in [6.45, 7) is 5.45. The van der Waals surface area contributed by atoms with E-state index in [0.29, 0.717) is 17.7 Å². The number of aromatic nitrogens is 3. The molecule has 7 heteroatoms. The van der Waals surface area contributed by atoms with E-state index in [-0.39, 0.29) is 5.69 Å².